The molecule has 5 aliphatic heterocycles. The predicted octanol–water partition coefficient (Wildman–Crippen LogP) is 0.109. The molecule has 12 heterocycles. The minimum absolute atomic E-state index is 0.0141. The van der Waals surface area contributed by atoms with Crippen molar-refractivity contribution in [3.05, 3.63) is 125 Å². The Bertz CT molecular complexity index is 5410. The highest BCUT2D eigenvalue weighted by molar-refractivity contribution is 8.08. The molecular weight excluding hydrogens is 1660 g/mol. The van der Waals surface area contributed by atoms with E-state index in [4.69, 9.17) is 145 Å². The summed E-state index contributed by atoms with van der Waals surface area (Å²) in [5, 5.41) is 0. The number of nitrogens with two attached hydrogens (primary N) is 3. The highest BCUT2D eigenvalue weighted by atomic mass is 32.5. The molecule has 0 aromatic carbocycles. The minimum Gasteiger partial charge on any atom is -0.383 e. The molecule has 5 saturated heterocycles. The van der Waals surface area contributed by atoms with Crippen molar-refractivity contribution < 1.29 is 93.4 Å². The van der Waals surface area contributed by atoms with Gasteiger partial charge in [0.1, 0.15) is 61.4 Å². The number of aryl methyl sites for hydroxylation is 2. The number of hydrogen-bond donors (Lipinski definition) is 13. The van der Waals surface area contributed by atoms with Crippen LogP contribution in [0.2, 0.25) is 0 Å². The van der Waals surface area contributed by atoms with Crippen LogP contribution in [0.25, 0.3) is 22.3 Å². The normalized spacial score (nSPS) is 28.6. The van der Waals surface area contributed by atoms with Gasteiger partial charge in [-0.2, -0.15) is 15.0 Å². The number of nitrogen functional groups attached to an aromatic ring is 3. The Kier molecular flexibility index (Phi) is 25.5. The van der Waals surface area contributed by atoms with Gasteiger partial charge in [-0.15, -0.1) is 0 Å². The van der Waals surface area contributed by atoms with Crippen LogP contribution >= 0.6 is 33.6 Å². The number of nitrogens with one attached hydrogen (secondary N) is 5. The van der Waals surface area contributed by atoms with Crippen molar-refractivity contribution in [3.8, 4) is 0 Å². The molecule has 55 heteroatoms. The van der Waals surface area contributed by atoms with Gasteiger partial charge in [-0.3, -0.25) is 62.4 Å². The van der Waals surface area contributed by atoms with Crippen LogP contribution in [0.5, 0.6) is 0 Å². The molecule has 5 aliphatic rings. The molecule has 0 amide bonds. The lowest BCUT2D eigenvalue weighted by Crippen LogP contribution is -2.33. The van der Waals surface area contributed by atoms with Crippen molar-refractivity contribution in [1.29, 1.82) is 0 Å². The van der Waals surface area contributed by atoms with E-state index in [0.29, 0.717) is 6.42 Å². The largest absolute Gasteiger partial charge is 0.383 e. The highest BCUT2D eigenvalue weighted by Crippen LogP contribution is 2.56. The molecule has 604 valence electrons. The maximum absolute atomic E-state index is 13.4. The number of ether oxygens (including phenoxy) is 5. The van der Waals surface area contributed by atoms with Gasteiger partial charge < -0.3 is 111 Å². The molecule has 7 aromatic rings. The molecule has 0 bridgehead atoms. The Labute approximate surface area is 643 Å². The topological polar surface area (TPSA) is 609 Å². The molecule has 5 fully saturated rings. The standard InChI is InChI=1S/C55H76N17O28P5S5/c1-22(2)26-9-37(68-8-7-36(56)60-52(68)77)91-31(26)16-86-102(82,107)97-27-10-38(69-14-24(5)46(73)66-53(69)78)92-32(27)17-88-104(84,109)99-29-12-40(71-21-59-42-44(71)62-50(57)64-48(42)75)94-34(29)19-90-103(83,108)98-28-11-39(70-15-25(6)47(74)67-54(70)79)93-33(28)18-89-105(85,110)100-30-13-41(95-35(30)20-87-101(81,106)96-23(3)4)72-45-43(61-55(72)80)49(76)65-51(58)63-45/h7-8,14-15,21-23,26-35,37-41H,9-13,16-20H2,1-6H3,(H,61,80)(H,81,106)(H,82,107)(H,83,108)(H,84,109)(H,85,110)(H2,56,60,77)(H,66,73,78)(H,67,74,79)(H3,57,62,64,75)(H3,58,63,65,76)/t26-,27+,28+,29+,30+,31+,32+,33+,34+,35+,37+,38+,39+,40+,41+,101?,102?,103?,104?,105?/m0/s1. The lowest BCUT2D eigenvalue weighted by molar-refractivity contribution is -0.0563. The molecule has 0 spiro atoms. The van der Waals surface area contributed by atoms with Crippen molar-refractivity contribution in [3.63, 3.8) is 0 Å². The average Bonchev–Trinajstić information content (AvgIpc) is 1.62. The van der Waals surface area contributed by atoms with E-state index in [2.05, 4.69) is 44.9 Å². The van der Waals surface area contributed by atoms with Crippen LogP contribution in [-0.4, -0.2) is 186 Å². The molecule has 16 N–H and O–H groups in total. The van der Waals surface area contributed by atoms with Crippen LogP contribution in [0.3, 0.4) is 0 Å². The summed E-state index contributed by atoms with van der Waals surface area (Å²) in [6.45, 7) is -15.4. The summed E-state index contributed by atoms with van der Waals surface area (Å²) in [6, 6.07) is 1.44. The Morgan fingerprint density at radius 2 is 0.891 bits per heavy atom. The zero-order valence-corrected chi connectivity index (χ0v) is 67.0. The van der Waals surface area contributed by atoms with Crippen LogP contribution in [0, 0.1) is 25.7 Å². The van der Waals surface area contributed by atoms with Crippen LogP contribution in [0.15, 0.2) is 69.3 Å². The van der Waals surface area contributed by atoms with Crippen LogP contribution in [-0.2, 0) is 128 Å². The number of aromatic nitrogens is 14. The third-order valence-electron chi connectivity index (χ3n) is 18.0. The fourth-order valence-corrected chi connectivity index (χ4v) is 20.5. The predicted molar refractivity (Wildman–Crippen MR) is 402 cm³/mol. The van der Waals surface area contributed by atoms with E-state index in [0.717, 1.165) is 13.7 Å². The number of rotatable bonds is 31. The summed E-state index contributed by atoms with van der Waals surface area (Å²) < 4.78 is 96.2. The van der Waals surface area contributed by atoms with E-state index in [1.54, 1.807) is 13.8 Å². The number of anilines is 3. The van der Waals surface area contributed by atoms with E-state index < -0.39 is 197 Å². The average molecular weight is 1740 g/mol. The van der Waals surface area contributed by atoms with Crippen LogP contribution in [0.4, 0.5) is 17.7 Å². The molecule has 12 rings (SSSR count). The van der Waals surface area contributed by atoms with Crippen molar-refractivity contribution in [2.24, 2.45) is 11.8 Å². The molecule has 0 radical (unpaired) electrons. The summed E-state index contributed by atoms with van der Waals surface area (Å²) >= 11 is 27.5. The summed E-state index contributed by atoms with van der Waals surface area (Å²) in [5.41, 5.74) is 10.7. The van der Waals surface area contributed by atoms with Crippen LogP contribution < -0.4 is 62.2 Å². The molecule has 0 saturated carbocycles. The van der Waals surface area contributed by atoms with E-state index in [9.17, 15) is 62.8 Å². The number of aromatic amines is 5. The van der Waals surface area contributed by atoms with Gasteiger partial charge >= 0.3 is 56.4 Å². The maximum atomic E-state index is 13.4. The van der Waals surface area contributed by atoms with E-state index in [-0.39, 0.29) is 95.3 Å². The second-order valence-corrected chi connectivity index (χ2v) is 40.5. The molecule has 7 aromatic heterocycles. The van der Waals surface area contributed by atoms with Gasteiger partial charge in [0.15, 0.2) is 22.3 Å². The summed E-state index contributed by atoms with van der Waals surface area (Å²) in [5.74, 6) is -0.884. The monoisotopic (exact) mass is 1740 g/mol. The molecule has 20 atom stereocenters. The first kappa shape index (κ1) is 84.0. The van der Waals surface area contributed by atoms with Crippen molar-refractivity contribution in [1.82, 2.24) is 67.7 Å². The Morgan fingerprint density at radius 3 is 1.35 bits per heavy atom. The van der Waals surface area contributed by atoms with E-state index in [1.807, 2.05) is 13.8 Å². The number of imidazole rings is 2. The van der Waals surface area contributed by atoms with Gasteiger partial charge in [0.25, 0.3) is 22.2 Å². The van der Waals surface area contributed by atoms with Gasteiger partial charge in [-0.1, -0.05) is 13.8 Å². The molecular formula is C55H76N17O28P5S5. The lowest BCUT2D eigenvalue weighted by atomic mass is 9.89. The second-order valence-electron chi connectivity index (χ2n) is 26.5. The quantitative estimate of drug-likeness (QED) is 0.0257. The Balaban J connectivity index is 0.761. The van der Waals surface area contributed by atoms with Crippen LogP contribution in [0.1, 0.15) is 102 Å². The SMILES string of the molecule is Cc1cn([C@H]2C[C@@H](OP(O)(=S)OC[C@H]3O[C@@H](n4ccc(N)nc4=O)C[C@H]3C(C)C)[C@@H](COP(O)(=S)O[C@@H]3C[C@H](n4cnc5c(=O)[nH]c(N)nc54)O[C@@H]3COP(O)(=S)O[C@@H]3C[C@H](n4cc(C)c(=O)[nH]c4=O)O[C@@H]3COP(O)(=S)O[C@@H]3C[C@H](n4c(=O)[nH]c5c(=O)[nH]c(N)nc54)O[C@@H]3COP(O)(=S)OC(C)C)O2)c(=O)[nH]c1=O. The fraction of sp³-hybridized carbons (Fsp3) is 0.600. The van der Waals surface area contributed by atoms with E-state index >= 15 is 0 Å². The zero-order chi connectivity index (χ0) is 79.6. The molecule has 5 unspecified atom stereocenters. The number of hydrogen-bond acceptors (Lipinski definition) is 35. The van der Waals surface area contributed by atoms with Gasteiger partial charge in [0.05, 0.1) is 76.0 Å². The van der Waals surface area contributed by atoms with Crippen molar-refractivity contribution in [2.45, 2.75) is 166 Å². The fourth-order valence-electron chi connectivity index (χ4n) is 12.9. The van der Waals surface area contributed by atoms with Crippen molar-refractivity contribution in [2.75, 3.05) is 50.2 Å². The zero-order valence-electron chi connectivity index (χ0n) is 58.4. The highest BCUT2D eigenvalue weighted by Gasteiger charge is 2.49. The molecule has 45 nitrogen and oxygen atoms in total. The third kappa shape index (κ3) is 19.7. The molecule has 0 aliphatic carbocycles. The molecule has 110 heavy (non-hydrogen) atoms. The smallest absolute Gasteiger partial charge is 0.351 e. The van der Waals surface area contributed by atoms with Gasteiger partial charge in [-0.05, 0) is 111 Å². The minimum atomic E-state index is -4.67. The number of H-pyrrole nitrogens is 5. The van der Waals surface area contributed by atoms with Crippen molar-refractivity contribution >= 4 is 133 Å². The summed E-state index contributed by atoms with van der Waals surface area (Å²) in [6.07, 6.45) is -14.1. The number of nitrogens with zero attached hydrogens (tertiary/aromatic N) is 9. The first-order valence-corrected chi connectivity index (χ1v) is 46.3. The number of fused-ring (bicyclic) bond motifs is 2. The van der Waals surface area contributed by atoms with Gasteiger partial charge in [-0.25, -0.2) is 28.7 Å². The lowest BCUT2D eigenvalue weighted by Gasteiger charge is -2.28. The first-order chi connectivity index (χ1) is 51.6. The Hall–Kier alpha value is -5.41. The van der Waals surface area contributed by atoms with Gasteiger partial charge in [0, 0.05) is 55.4 Å². The first-order valence-electron chi connectivity index (χ1n) is 33.3. The summed E-state index contributed by atoms with van der Waals surface area (Å²) in [7, 11) is 0. The van der Waals surface area contributed by atoms with Gasteiger partial charge in [0.2, 0.25) is 11.9 Å². The summed E-state index contributed by atoms with van der Waals surface area (Å²) in [4.78, 5) is 190. The Morgan fingerprint density at radius 1 is 0.491 bits per heavy atom. The van der Waals surface area contributed by atoms with E-state index in [1.165, 1.54) is 54.0 Å². The third-order valence-corrected chi connectivity index (χ3v) is 26.1. The maximum Gasteiger partial charge on any atom is 0.351 e. The second kappa shape index (κ2) is 33.4.